The van der Waals surface area contributed by atoms with Crippen molar-refractivity contribution in [3.8, 4) is 0 Å². The van der Waals surface area contributed by atoms with E-state index in [2.05, 4.69) is 28.9 Å². The molecule has 1 amide bonds. The highest BCUT2D eigenvalue weighted by molar-refractivity contribution is 5.91. The molecule has 2 rings (SSSR count). The Morgan fingerprint density at radius 2 is 2.20 bits per heavy atom. The van der Waals surface area contributed by atoms with Gasteiger partial charge in [0.25, 0.3) is 0 Å². The van der Waals surface area contributed by atoms with Crippen LogP contribution >= 0.6 is 0 Å². The molecular formula is C16H25N3O. The number of aryl methyl sites for hydroxylation is 1. The number of hydrogen-bond donors (Lipinski definition) is 3. The Morgan fingerprint density at radius 1 is 1.35 bits per heavy atom. The van der Waals surface area contributed by atoms with Gasteiger partial charge in [-0.1, -0.05) is 13.0 Å². The van der Waals surface area contributed by atoms with E-state index in [4.69, 9.17) is 0 Å². The summed E-state index contributed by atoms with van der Waals surface area (Å²) in [6.45, 7) is 6.15. The summed E-state index contributed by atoms with van der Waals surface area (Å²) in [6, 6.07) is 6.58. The number of anilines is 2. The van der Waals surface area contributed by atoms with Crippen LogP contribution in [0, 0.1) is 6.92 Å². The lowest BCUT2D eigenvalue weighted by molar-refractivity contribution is -0.115. The van der Waals surface area contributed by atoms with Crippen LogP contribution in [0.5, 0.6) is 0 Å². The Bertz CT molecular complexity index is 451. The molecule has 1 saturated heterocycles. The summed E-state index contributed by atoms with van der Waals surface area (Å²) in [6.07, 6.45) is 4.05. The van der Waals surface area contributed by atoms with Crippen molar-refractivity contribution in [2.24, 2.45) is 0 Å². The molecule has 0 saturated carbocycles. The summed E-state index contributed by atoms with van der Waals surface area (Å²) < 4.78 is 0. The average molecular weight is 275 g/mol. The second-order valence-electron chi connectivity index (χ2n) is 5.45. The van der Waals surface area contributed by atoms with Gasteiger partial charge in [0, 0.05) is 23.8 Å². The molecule has 1 fully saturated rings. The Labute approximate surface area is 121 Å². The molecule has 0 spiro atoms. The Kier molecular flexibility index (Phi) is 5.41. The van der Waals surface area contributed by atoms with Crippen molar-refractivity contribution in [2.75, 3.05) is 23.7 Å². The number of carbonyl (C=O) groups is 1. The zero-order chi connectivity index (χ0) is 14.4. The minimum Gasteiger partial charge on any atom is -0.382 e. The number of hydrogen-bond acceptors (Lipinski definition) is 3. The van der Waals surface area contributed by atoms with Gasteiger partial charge in [0.05, 0.1) is 0 Å². The van der Waals surface area contributed by atoms with E-state index in [0.29, 0.717) is 12.5 Å². The van der Waals surface area contributed by atoms with Gasteiger partial charge in [-0.2, -0.15) is 0 Å². The van der Waals surface area contributed by atoms with E-state index in [9.17, 15) is 4.79 Å². The van der Waals surface area contributed by atoms with Crippen LogP contribution in [0.3, 0.4) is 0 Å². The molecule has 3 N–H and O–H groups in total. The van der Waals surface area contributed by atoms with Crippen molar-refractivity contribution in [1.29, 1.82) is 0 Å². The number of benzene rings is 1. The molecule has 1 aliphatic rings. The maximum atomic E-state index is 11.5. The molecule has 0 aromatic heterocycles. The highest BCUT2D eigenvalue weighted by Crippen LogP contribution is 2.23. The molecule has 1 aromatic rings. The highest BCUT2D eigenvalue weighted by Gasteiger charge is 2.13. The minimum absolute atomic E-state index is 0.0541. The molecule has 1 aliphatic heterocycles. The summed E-state index contributed by atoms with van der Waals surface area (Å²) in [4.78, 5) is 11.5. The summed E-state index contributed by atoms with van der Waals surface area (Å²) in [5.74, 6) is 0.0541. The first-order valence-corrected chi connectivity index (χ1v) is 7.57. The summed E-state index contributed by atoms with van der Waals surface area (Å²) >= 11 is 0. The molecule has 1 unspecified atom stereocenters. The van der Waals surface area contributed by atoms with Gasteiger partial charge in [-0.15, -0.1) is 0 Å². The van der Waals surface area contributed by atoms with Crippen LogP contribution in [0.25, 0.3) is 0 Å². The quantitative estimate of drug-likeness (QED) is 0.792. The lowest BCUT2D eigenvalue weighted by Gasteiger charge is -2.20. The van der Waals surface area contributed by atoms with Gasteiger partial charge < -0.3 is 16.0 Å². The third-order valence-corrected chi connectivity index (χ3v) is 3.78. The smallest absolute Gasteiger partial charge is 0.224 e. The molecule has 0 radical (unpaired) electrons. The molecule has 1 atom stereocenters. The minimum atomic E-state index is 0.0541. The van der Waals surface area contributed by atoms with Crippen molar-refractivity contribution < 1.29 is 4.79 Å². The molecule has 20 heavy (non-hydrogen) atoms. The van der Waals surface area contributed by atoms with Gasteiger partial charge >= 0.3 is 0 Å². The van der Waals surface area contributed by atoms with Gasteiger partial charge in [-0.3, -0.25) is 4.79 Å². The van der Waals surface area contributed by atoms with Crippen LogP contribution in [-0.4, -0.2) is 25.0 Å². The summed E-state index contributed by atoms with van der Waals surface area (Å²) in [5.41, 5.74) is 3.22. The van der Waals surface area contributed by atoms with Crippen LogP contribution in [0.1, 0.15) is 38.2 Å². The maximum absolute atomic E-state index is 11.5. The Morgan fingerprint density at radius 3 is 3.00 bits per heavy atom. The average Bonchev–Trinajstić information content (AvgIpc) is 2.71. The number of rotatable bonds is 4. The van der Waals surface area contributed by atoms with E-state index in [1.54, 1.807) is 0 Å². The van der Waals surface area contributed by atoms with Crippen molar-refractivity contribution in [1.82, 2.24) is 5.32 Å². The molecule has 0 aliphatic carbocycles. The number of nitrogens with one attached hydrogen (secondary N) is 3. The van der Waals surface area contributed by atoms with Crippen molar-refractivity contribution >= 4 is 17.3 Å². The molecular weight excluding hydrogens is 250 g/mol. The first-order chi connectivity index (χ1) is 9.69. The summed E-state index contributed by atoms with van der Waals surface area (Å²) in [5, 5.41) is 9.97. The third-order valence-electron chi connectivity index (χ3n) is 3.78. The number of amides is 1. The lowest BCUT2D eigenvalue weighted by atomic mass is 10.1. The molecule has 1 heterocycles. The van der Waals surface area contributed by atoms with Crippen LogP contribution in [0.2, 0.25) is 0 Å². The first-order valence-electron chi connectivity index (χ1n) is 7.57. The second-order valence-corrected chi connectivity index (χ2v) is 5.45. The van der Waals surface area contributed by atoms with Crippen LogP contribution in [0.15, 0.2) is 18.2 Å². The fraction of sp³-hybridized carbons (Fsp3) is 0.562. The first kappa shape index (κ1) is 14.9. The van der Waals surface area contributed by atoms with E-state index in [1.165, 1.54) is 18.4 Å². The fourth-order valence-electron chi connectivity index (χ4n) is 2.49. The SMILES string of the molecule is CCC(=O)Nc1ccc(C)c(NC2CCCNCC2)c1. The third kappa shape index (κ3) is 4.23. The number of carbonyl (C=O) groups excluding carboxylic acids is 1. The predicted octanol–water partition coefficient (Wildman–Crippen LogP) is 2.90. The largest absolute Gasteiger partial charge is 0.382 e. The van der Waals surface area contributed by atoms with E-state index < -0.39 is 0 Å². The zero-order valence-corrected chi connectivity index (χ0v) is 12.5. The van der Waals surface area contributed by atoms with Crippen LogP contribution < -0.4 is 16.0 Å². The van der Waals surface area contributed by atoms with Gasteiger partial charge in [0.1, 0.15) is 0 Å². The fourth-order valence-corrected chi connectivity index (χ4v) is 2.49. The van der Waals surface area contributed by atoms with Gasteiger partial charge in [-0.05, 0) is 57.0 Å². The van der Waals surface area contributed by atoms with Gasteiger partial charge in [-0.25, -0.2) is 0 Å². The molecule has 4 nitrogen and oxygen atoms in total. The summed E-state index contributed by atoms with van der Waals surface area (Å²) in [7, 11) is 0. The molecule has 4 heteroatoms. The zero-order valence-electron chi connectivity index (χ0n) is 12.5. The van der Waals surface area contributed by atoms with E-state index in [-0.39, 0.29) is 5.91 Å². The van der Waals surface area contributed by atoms with Crippen LogP contribution in [-0.2, 0) is 4.79 Å². The van der Waals surface area contributed by atoms with E-state index in [0.717, 1.165) is 30.9 Å². The van der Waals surface area contributed by atoms with E-state index in [1.807, 2.05) is 19.1 Å². The standard InChI is InChI=1S/C16H25N3O/c1-3-16(20)19-14-7-6-12(2)15(11-14)18-13-5-4-9-17-10-8-13/h6-7,11,13,17-18H,3-5,8-10H2,1-2H3,(H,19,20). The Balaban J connectivity index is 2.05. The van der Waals surface area contributed by atoms with E-state index >= 15 is 0 Å². The van der Waals surface area contributed by atoms with Crippen molar-refractivity contribution in [3.05, 3.63) is 23.8 Å². The van der Waals surface area contributed by atoms with Crippen LogP contribution in [0.4, 0.5) is 11.4 Å². The van der Waals surface area contributed by atoms with Gasteiger partial charge in [0.15, 0.2) is 0 Å². The normalized spacial score (nSPS) is 19.2. The van der Waals surface area contributed by atoms with Gasteiger partial charge in [0.2, 0.25) is 5.91 Å². The maximum Gasteiger partial charge on any atom is 0.224 e. The van der Waals surface area contributed by atoms with Crippen molar-refractivity contribution in [3.63, 3.8) is 0 Å². The predicted molar refractivity (Wildman–Crippen MR) is 84.2 cm³/mol. The lowest BCUT2D eigenvalue weighted by Crippen LogP contribution is -2.22. The molecule has 1 aromatic carbocycles. The monoisotopic (exact) mass is 275 g/mol. The topological polar surface area (TPSA) is 53.2 Å². The second kappa shape index (κ2) is 7.29. The van der Waals surface area contributed by atoms with Crippen molar-refractivity contribution in [2.45, 2.75) is 45.6 Å². The molecule has 0 bridgehead atoms. The Hall–Kier alpha value is -1.55. The highest BCUT2D eigenvalue weighted by atomic mass is 16.1. The molecule has 110 valence electrons.